The molecule has 0 radical (unpaired) electrons. The first-order chi connectivity index (χ1) is 7.56. The van der Waals surface area contributed by atoms with Crippen LogP contribution in [-0.2, 0) is 0 Å². The molecule has 0 aliphatic carbocycles. The monoisotopic (exact) mass is 217 g/mol. The second kappa shape index (κ2) is 3.84. The van der Waals surface area contributed by atoms with Gasteiger partial charge >= 0.3 is 0 Å². The second-order valence-electron chi connectivity index (χ2n) is 4.01. The number of aromatic amines is 1. The van der Waals surface area contributed by atoms with Crippen molar-refractivity contribution in [1.29, 1.82) is 0 Å². The largest absolute Gasteiger partial charge is 0.370 e. The lowest BCUT2D eigenvalue weighted by atomic mass is 10.2. The van der Waals surface area contributed by atoms with E-state index >= 15 is 0 Å². The number of nitrogens with two attached hydrogens (primary N) is 2. The molecule has 84 valence electrons. The molecule has 0 aliphatic rings. The third-order valence-corrected chi connectivity index (χ3v) is 2.29. The normalized spacial score (nSPS) is 10.9. The van der Waals surface area contributed by atoms with Crippen LogP contribution in [0.2, 0.25) is 0 Å². The van der Waals surface area contributed by atoms with E-state index in [-0.39, 0.29) is 5.96 Å². The van der Waals surface area contributed by atoms with Crippen LogP contribution in [0.15, 0.2) is 23.2 Å². The fourth-order valence-corrected chi connectivity index (χ4v) is 1.51. The van der Waals surface area contributed by atoms with Crippen LogP contribution in [0.5, 0.6) is 0 Å². The highest BCUT2D eigenvalue weighted by atomic mass is 15.0. The minimum absolute atomic E-state index is 0.0583. The summed E-state index contributed by atoms with van der Waals surface area (Å²) in [4.78, 5) is 11.7. The van der Waals surface area contributed by atoms with Crippen molar-refractivity contribution in [2.75, 3.05) is 0 Å². The Labute approximate surface area is 93.6 Å². The first-order valence-electron chi connectivity index (χ1n) is 5.15. The molecule has 1 aromatic carbocycles. The van der Waals surface area contributed by atoms with Gasteiger partial charge in [0.15, 0.2) is 5.96 Å². The molecule has 5 heteroatoms. The van der Waals surface area contributed by atoms with Gasteiger partial charge in [-0.1, -0.05) is 13.8 Å². The first kappa shape index (κ1) is 10.5. The van der Waals surface area contributed by atoms with Gasteiger partial charge in [-0.3, -0.25) is 0 Å². The maximum atomic E-state index is 5.32. The van der Waals surface area contributed by atoms with E-state index in [9.17, 15) is 0 Å². The molecule has 16 heavy (non-hydrogen) atoms. The van der Waals surface area contributed by atoms with E-state index in [1.54, 1.807) is 0 Å². The highest BCUT2D eigenvalue weighted by Gasteiger charge is 2.06. The summed E-state index contributed by atoms with van der Waals surface area (Å²) in [6.07, 6.45) is 0. The summed E-state index contributed by atoms with van der Waals surface area (Å²) in [5.74, 6) is 1.40. The minimum atomic E-state index is 0.0583. The van der Waals surface area contributed by atoms with Gasteiger partial charge in [-0.25, -0.2) is 9.98 Å². The molecule has 1 aromatic heterocycles. The maximum absolute atomic E-state index is 5.32. The number of guanidine groups is 1. The molecule has 5 N–H and O–H groups in total. The van der Waals surface area contributed by atoms with Gasteiger partial charge in [0.05, 0.1) is 16.7 Å². The van der Waals surface area contributed by atoms with Crippen LogP contribution in [0.25, 0.3) is 11.0 Å². The van der Waals surface area contributed by atoms with Crippen molar-refractivity contribution in [3.8, 4) is 0 Å². The van der Waals surface area contributed by atoms with E-state index in [0.717, 1.165) is 22.5 Å². The topological polar surface area (TPSA) is 93.1 Å². The summed E-state index contributed by atoms with van der Waals surface area (Å²) in [5.41, 5.74) is 13.3. The van der Waals surface area contributed by atoms with Crippen LogP contribution in [0.4, 0.5) is 5.69 Å². The molecule has 0 spiro atoms. The fraction of sp³-hybridized carbons (Fsp3) is 0.273. The molecule has 2 aromatic rings. The first-order valence-corrected chi connectivity index (χ1v) is 5.15. The van der Waals surface area contributed by atoms with Gasteiger partial charge < -0.3 is 16.5 Å². The van der Waals surface area contributed by atoms with Crippen LogP contribution in [-0.4, -0.2) is 15.9 Å². The molecular formula is C11H15N5. The quantitative estimate of drug-likeness (QED) is 0.526. The summed E-state index contributed by atoms with van der Waals surface area (Å²) in [5, 5.41) is 0. The van der Waals surface area contributed by atoms with Crippen LogP contribution in [0.3, 0.4) is 0 Å². The average molecular weight is 217 g/mol. The number of aromatic nitrogens is 2. The number of nitrogens with one attached hydrogen (secondary N) is 1. The van der Waals surface area contributed by atoms with Crippen molar-refractivity contribution < 1.29 is 0 Å². The predicted octanol–water partition coefficient (Wildman–Crippen LogP) is 1.59. The number of benzene rings is 1. The summed E-state index contributed by atoms with van der Waals surface area (Å²) >= 11 is 0. The van der Waals surface area contributed by atoms with E-state index in [0.29, 0.717) is 5.92 Å². The van der Waals surface area contributed by atoms with Gasteiger partial charge in [0, 0.05) is 5.92 Å². The van der Waals surface area contributed by atoms with Crippen molar-refractivity contribution in [1.82, 2.24) is 9.97 Å². The Kier molecular flexibility index (Phi) is 2.52. The van der Waals surface area contributed by atoms with Crippen LogP contribution in [0, 0.1) is 0 Å². The number of H-pyrrole nitrogens is 1. The Morgan fingerprint density at radius 1 is 1.38 bits per heavy atom. The van der Waals surface area contributed by atoms with Crippen molar-refractivity contribution in [3.63, 3.8) is 0 Å². The number of nitrogens with zero attached hydrogens (tertiary/aromatic N) is 2. The van der Waals surface area contributed by atoms with Gasteiger partial charge in [-0.15, -0.1) is 0 Å². The Morgan fingerprint density at radius 3 is 2.75 bits per heavy atom. The molecular weight excluding hydrogens is 202 g/mol. The van der Waals surface area contributed by atoms with Crippen LogP contribution < -0.4 is 11.5 Å². The molecule has 0 saturated heterocycles. The SMILES string of the molecule is CC(C)c1nc2ccc(N=C(N)N)cc2[nH]1. The van der Waals surface area contributed by atoms with Gasteiger partial charge in [0.25, 0.3) is 0 Å². The summed E-state index contributed by atoms with van der Waals surface area (Å²) < 4.78 is 0. The third kappa shape index (κ3) is 1.98. The van der Waals surface area contributed by atoms with Gasteiger partial charge in [0.1, 0.15) is 5.82 Å². The van der Waals surface area contributed by atoms with E-state index < -0.39 is 0 Å². The molecule has 0 aliphatic heterocycles. The zero-order valence-corrected chi connectivity index (χ0v) is 9.36. The van der Waals surface area contributed by atoms with Gasteiger partial charge in [0.2, 0.25) is 0 Å². The van der Waals surface area contributed by atoms with Crippen molar-refractivity contribution in [3.05, 3.63) is 24.0 Å². The number of imidazole rings is 1. The highest BCUT2D eigenvalue weighted by Crippen LogP contribution is 2.21. The Morgan fingerprint density at radius 2 is 2.12 bits per heavy atom. The van der Waals surface area contributed by atoms with E-state index in [1.807, 2.05) is 18.2 Å². The molecule has 0 atom stereocenters. The van der Waals surface area contributed by atoms with Crippen molar-refractivity contribution >= 4 is 22.7 Å². The lowest BCUT2D eigenvalue weighted by Gasteiger charge is -1.96. The summed E-state index contributed by atoms with van der Waals surface area (Å²) in [6.45, 7) is 4.18. The second-order valence-corrected chi connectivity index (χ2v) is 4.01. The number of rotatable bonds is 2. The molecule has 1 heterocycles. The fourth-order valence-electron chi connectivity index (χ4n) is 1.51. The zero-order chi connectivity index (χ0) is 11.7. The van der Waals surface area contributed by atoms with E-state index in [2.05, 4.69) is 28.8 Å². The molecule has 0 bridgehead atoms. The maximum Gasteiger partial charge on any atom is 0.191 e. The number of fused-ring (bicyclic) bond motifs is 1. The van der Waals surface area contributed by atoms with E-state index in [1.165, 1.54) is 0 Å². The molecule has 0 fully saturated rings. The van der Waals surface area contributed by atoms with Crippen molar-refractivity contribution in [2.45, 2.75) is 19.8 Å². The van der Waals surface area contributed by atoms with Gasteiger partial charge in [-0.05, 0) is 18.2 Å². The average Bonchev–Trinajstić information content (AvgIpc) is 2.59. The molecule has 0 unspecified atom stereocenters. The smallest absolute Gasteiger partial charge is 0.191 e. The number of hydrogen-bond donors (Lipinski definition) is 3. The molecule has 5 nitrogen and oxygen atoms in total. The number of hydrogen-bond acceptors (Lipinski definition) is 2. The molecule has 0 amide bonds. The van der Waals surface area contributed by atoms with E-state index in [4.69, 9.17) is 11.5 Å². The lowest BCUT2D eigenvalue weighted by molar-refractivity contribution is 0.799. The lowest BCUT2D eigenvalue weighted by Crippen LogP contribution is -2.21. The van der Waals surface area contributed by atoms with Crippen molar-refractivity contribution in [2.24, 2.45) is 16.5 Å². The molecule has 0 saturated carbocycles. The number of aliphatic imine (C=N–C) groups is 1. The van der Waals surface area contributed by atoms with Gasteiger partial charge in [-0.2, -0.15) is 0 Å². The Hall–Kier alpha value is -2.04. The Bertz CT molecular complexity index is 534. The zero-order valence-electron chi connectivity index (χ0n) is 9.36. The Balaban J connectivity index is 2.50. The predicted molar refractivity (Wildman–Crippen MR) is 65.7 cm³/mol. The standard InChI is InChI=1S/C11H15N5/c1-6(2)10-15-8-4-3-7(14-11(12)13)5-9(8)16-10/h3-6H,1-2H3,(H,15,16)(H4,12,13,14). The van der Waals surface area contributed by atoms with Crippen LogP contribution >= 0.6 is 0 Å². The molecule has 2 rings (SSSR count). The third-order valence-electron chi connectivity index (χ3n) is 2.29. The van der Waals surface area contributed by atoms with Crippen LogP contribution in [0.1, 0.15) is 25.6 Å². The summed E-state index contributed by atoms with van der Waals surface area (Å²) in [6, 6.07) is 5.63. The summed E-state index contributed by atoms with van der Waals surface area (Å²) in [7, 11) is 0. The highest BCUT2D eigenvalue weighted by molar-refractivity contribution is 5.83. The minimum Gasteiger partial charge on any atom is -0.370 e.